The summed E-state index contributed by atoms with van der Waals surface area (Å²) in [5, 5.41) is 11.2. The summed E-state index contributed by atoms with van der Waals surface area (Å²) in [7, 11) is 1.95. The lowest BCUT2D eigenvalue weighted by molar-refractivity contribution is 0.0694. The molecule has 0 saturated carbocycles. The van der Waals surface area contributed by atoms with Crippen LogP contribution in [0.1, 0.15) is 50.8 Å². The van der Waals surface area contributed by atoms with Crippen molar-refractivity contribution in [3.8, 4) is 5.75 Å². The van der Waals surface area contributed by atoms with E-state index in [4.69, 9.17) is 9.73 Å². The minimum atomic E-state index is -0.205. The molecule has 0 fully saturated rings. The van der Waals surface area contributed by atoms with Crippen molar-refractivity contribution >= 4 is 5.96 Å². The molecule has 0 aliphatic carbocycles. The number of aliphatic imine (C=N–C) groups is 1. The summed E-state index contributed by atoms with van der Waals surface area (Å²) in [5.74, 6) is 1.82. The average Bonchev–Trinajstić information content (AvgIpc) is 3.03. The zero-order valence-corrected chi connectivity index (χ0v) is 16.8. The lowest BCUT2D eigenvalue weighted by atomic mass is 9.90. The molecule has 1 unspecified atom stereocenters. The predicted octanol–water partition coefficient (Wildman–Crippen LogP) is 3.21. The molecule has 2 N–H and O–H groups in total. The van der Waals surface area contributed by atoms with Crippen molar-refractivity contribution in [3.05, 3.63) is 47.8 Å². The first kappa shape index (κ1) is 19.3. The third-order valence-corrected chi connectivity index (χ3v) is 4.68. The summed E-state index contributed by atoms with van der Waals surface area (Å²) in [5.41, 5.74) is 2.24. The molecule has 1 aromatic carbocycles. The Labute approximate surface area is 162 Å². The molecular formula is C21H31N5O. The van der Waals surface area contributed by atoms with Gasteiger partial charge in [0.05, 0.1) is 12.2 Å². The Hall–Kier alpha value is -2.50. The van der Waals surface area contributed by atoms with E-state index in [0.29, 0.717) is 0 Å². The second kappa shape index (κ2) is 8.46. The number of ether oxygens (including phenoxy) is 1. The molecule has 3 rings (SSSR count). The van der Waals surface area contributed by atoms with Gasteiger partial charge in [-0.05, 0) is 45.2 Å². The molecular weight excluding hydrogens is 338 g/mol. The Bertz CT molecular complexity index is 780. The van der Waals surface area contributed by atoms with Gasteiger partial charge < -0.3 is 15.4 Å². The first-order valence-corrected chi connectivity index (χ1v) is 9.77. The Morgan fingerprint density at radius 1 is 1.37 bits per heavy atom. The van der Waals surface area contributed by atoms with Gasteiger partial charge in [0, 0.05) is 38.3 Å². The number of nitrogens with one attached hydrogen (secondary N) is 2. The number of guanidine groups is 1. The maximum atomic E-state index is 6.13. The van der Waals surface area contributed by atoms with Crippen LogP contribution in [0.15, 0.2) is 41.7 Å². The summed E-state index contributed by atoms with van der Waals surface area (Å²) in [6.45, 7) is 7.97. The van der Waals surface area contributed by atoms with Crippen molar-refractivity contribution < 1.29 is 4.74 Å². The number of aromatic nitrogens is 2. The van der Waals surface area contributed by atoms with Gasteiger partial charge >= 0.3 is 0 Å². The van der Waals surface area contributed by atoms with E-state index >= 15 is 0 Å². The minimum Gasteiger partial charge on any atom is -0.487 e. The molecule has 2 heterocycles. The van der Waals surface area contributed by atoms with Crippen LogP contribution in [-0.2, 0) is 13.5 Å². The van der Waals surface area contributed by atoms with Crippen LogP contribution in [0, 0.1) is 0 Å². The van der Waals surface area contributed by atoms with Gasteiger partial charge in [0.15, 0.2) is 5.96 Å². The van der Waals surface area contributed by atoms with Crippen LogP contribution < -0.4 is 15.4 Å². The van der Waals surface area contributed by atoms with Gasteiger partial charge in [0.25, 0.3) is 0 Å². The SMILES string of the molecule is CCNC(=NCCCc1cnn(C)c1)NC1CC(C)(C)Oc2ccccc21. The number of rotatable bonds is 6. The number of nitrogens with zero attached hydrogens (tertiary/aromatic N) is 3. The molecule has 0 spiro atoms. The molecule has 0 amide bonds. The normalized spacial score (nSPS) is 18.5. The van der Waals surface area contributed by atoms with Crippen LogP contribution in [-0.4, -0.2) is 34.4 Å². The quantitative estimate of drug-likeness (QED) is 0.466. The molecule has 2 aromatic rings. The maximum absolute atomic E-state index is 6.13. The van der Waals surface area contributed by atoms with E-state index in [1.807, 2.05) is 30.1 Å². The largest absolute Gasteiger partial charge is 0.487 e. The summed E-state index contributed by atoms with van der Waals surface area (Å²) in [6, 6.07) is 8.44. The minimum absolute atomic E-state index is 0.182. The van der Waals surface area contributed by atoms with Crippen LogP contribution >= 0.6 is 0 Å². The number of hydrogen-bond donors (Lipinski definition) is 2. The lowest BCUT2D eigenvalue weighted by Crippen LogP contribution is -2.45. The molecule has 1 aromatic heterocycles. The number of benzene rings is 1. The van der Waals surface area contributed by atoms with Crippen molar-refractivity contribution in [2.45, 2.75) is 51.7 Å². The molecule has 0 bridgehead atoms. The predicted molar refractivity (Wildman–Crippen MR) is 109 cm³/mol. The number of aryl methyl sites for hydroxylation is 2. The number of fused-ring (bicyclic) bond motifs is 1. The standard InChI is InChI=1S/C21H31N5O/c1-5-22-20(23-12-8-9-16-14-24-26(4)15-16)25-18-13-21(2,3)27-19-11-7-6-10-17(18)19/h6-7,10-11,14-15,18H,5,8-9,12-13H2,1-4H3,(H2,22,23,25). The van der Waals surface area contributed by atoms with E-state index in [1.165, 1.54) is 11.1 Å². The Kier molecular flexibility index (Phi) is 6.04. The molecule has 1 atom stereocenters. The fourth-order valence-electron chi connectivity index (χ4n) is 3.49. The van der Waals surface area contributed by atoms with Crippen LogP contribution in [0.4, 0.5) is 0 Å². The van der Waals surface area contributed by atoms with E-state index in [-0.39, 0.29) is 11.6 Å². The second-order valence-corrected chi connectivity index (χ2v) is 7.69. The topological polar surface area (TPSA) is 63.5 Å². The molecule has 0 saturated heterocycles. The third-order valence-electron chi connectivity index (χ3n) is 4.68. The summed E-state index contributed by atoms with van der Waals surface area (Å²) in [4.78, 5) is 4.78. The van der Waals surface area contributed by atoms with Crippen molar-refractivity contribution in [1.82, 2.24) is 20.4 Å². The molecule has 1 aliphatic heterocycles. The van der Waals surface area contributed by atoms with E-state index in [2.05, 4.69) is 54.8 Å². The average molecular weight is 370 g/mol. The highest BCUT2D eigenvalue weighted by Gasteiger charge is 2.33. The van der Waals surface area contributed by atoms with Crippen molar-refractivity contribution in [2.75, 3.05) is 13.1 Å². The maximum Gasteiger partial charge on any atom is 0.191 e. The van der Waals surface area contributed by atoms with E-state index in [1.54, 1.807) is 0 Å². The molecule has 6 heteroatoms. The highest BCUT2D eigenvalue weighted by atomic mass is 16.5. The highest BCUT2D eigenvalue weighted by Crippen LogP contribution is 2.39. The van der Waals surface area contributed by atoms with Crippen molar-refractivity contribution in [1.29, 1.82) is 0 Å². The van der Waals surface area contributed by atoms with Crippen LogP contribution in [0.2, 0.25) is 0 Å². The van der Waals surface area contributed by atoms with Crippen LogP contribution in [0.3, 0.4) is 0 Å². The fourth-order valence-corrected chi connectivity index (χ4v) is 3.49. The number of hydrogen-bond acceptors (Lipinski definition) is 3. The van der Waals surface area contributed by atoms with Crippen molar-refractivity contribution in [3.63, 3.8) is 0 Å². The summed E-state index contributed by atoms with van der Waals surface area (Å²) < 4.78 is 7.97. The second-order valence-electron chi connectivity index (χ2n) is 7.69. The van der Waals surface area contributed by atoms with E-state index < -0.39 is 0 Å². The molecule has 27 heavy (non-hydrogen) atoms. The molecule has 1 aliphatic rings. The van der Waals surface area contributed by atoms with Gasteiger partial charge in [-0.25, -0.2) is 0 Å². The monoisotopic (exact) mass is 369 g/mol. The molecule has 6 nitrogen and oxygen atoms in total. The summed E-state index contributed by atoms with van der Waals surface area (Å²) in [6.07, 6.45) is 6.87. The van der Waals surface area contributed by atoms with Gasteiger partial charge in [-0.1, -0.05) is 18.2 Å². The van der Waals surface area contributed by atoms with Gasteiger partial charge in [-0.3, -0.25) is 9.67 Å². The van der Waals surface area contributed by atoms with Gasteiger partial charge in [0.2, 0.25) is 0 Å². The van der Waals surface area contributed by atoms with Gasteiger partial charge in [-0.2, -0.15) is 5.10 Å². The van der Waals surface area contributed by atoms with Crippen LogP contribution in [0.25, 0.3) is 0 Å². The zero-order valence-electron chi connectivity index (χ0n) is 16.8. The van der Waals surface area contributed by atoms with Crippen molar-refractivity contribution in [2.24, 2.45) is 12.0 Å². The van der Waals surface area contributed by atoms with E-state index in [9.17, 15) is 0 Å². The van der Waals surface area contributed by atoms with Crippen LogP contribution in [0.5, 0.6) is 5.75 Å². The Morgan fingerprint density at radius 2 is 2.19 bits per heavy atom. The van der Waals surface area contributed by atoms with E-state index in [0.717, 1.165) is 44.1 Å². The lowest BCUT2D eigenvalue weighted by Gasteiger charge is -2.38. The third kappa shape index (κ3) is 5.25. The fraction of sp³-hybridized carbons (Fsp3) is 0.524. The Morgan fingerprint density at radius 3 is 2.93 bits per heavy atom. The van der Waals surface area contributed by atoms with Gasteiger partial charge in [-0.15, -0.1) is 0 Å². The first-order chi connectivity index (χ1) is 13.0. The smallest absolute Gasteiger partial charge is 0.191 e. The molecule has 0 radical (unpaired) electrons. The number of para-hydroxylation sites is 1. The zero-order chi connectivity index (χ0) is 19.3. The molecule has 146 valence electrons. The Balaban J connectivity index is 1.64. The first-order valence-electron chi connectivity index (χ1n) is 9.77. The summed E-state index contributed by atoms with van der Waals surface area (Å²) >= 11 is 0. The van der Waals surface area contributed by atoms with Gasteiger partial charge in [0.1, 0.15) is 11.4 Å². The highest BCUT2D eigenvalue weighted by molar-refractivity contribution is 5.80.